The van der Waals surface area contributed by atoms with Crippen LogP contribution in [0.4, 0.5) is 5.69 Å². The Labute approximate surface area is 224 Å². The summed E-state index contributed by atoms with van der Waals surface area (Å²) in [6, 6.07) is 13.4. The number of amides is 2. The number of likely N-dealkylation sites (N-methyl/N-ethyl adjacent to an activating group) is 1. The molecule has 0 saturated heterocycles. The van der Waals surface area contributed by atoms with Gasteiger partial charge in [0.2, 0.25) is 11.8 Å². The molecule has 2 aliphatic rings. The molecular formula is C28H36Cl2N4O2. The van der Waals surface area contributed by atoms with Crippen LogP contribution < -0.4 is 16.0 Å². The molecule has 2 aromatic carbocycles. The number of carbonyl (C=O) groups is 2. The van der Waals surface area contributed by atoms with E-state index in [0.29, 0.717) is 16.5 Å². The average molecular weight is 532 g/mol. The van der Waals surface area contributed by atoms with Crippen molar-refractivity contribution in [1.29, 1.82) is 0 Å². The summed E-state index contributed by atoms with van der Waals surface area (Å²) >= 11 is 12.7. The Morgan fingerprint density at radius 2 is 1.81 bits per heavy atom. The van der Waals surface area contributed by atoms with Gasteiger partial charge in [0, 0.05) is 33.9 Å². The van der Waals surface area contributed by atoms with Crippen molar-refractivity contribution in [3.63, 3.8) is 0 Å². The number of hydrogen-bond acceptors (Lipinski definition) is 4. The number of anilines is 1. The van der Waals surface area contributed by atoms with Crippen LogP contribution in [-0.4, -0.2) is 55.5 Å². The lowest BCUT2D eigenvalue weighted by Crippen LogP contribution is -2.66. The zero-order valence-electron chi connectivity index (χ0n) is 21.3. The second kappa shape index (κ2) is 11.1. The van der Waals surface area contributed by atoms with Gasteiger partial charge in [-0.3, -0.25) is 9.59 Å². The fourth-order valence-corrected chi connectivity index (χ4v) is 6.58. The lowest BCUT2D eigenvalue weighted by atomic mass is 9.57. The molecule has 2 amide bonds. The van der Waals surface area contributed by atoms with Gasteiger partial charge in [0.25, 0.3) is 0 Å². The molecule has 2 atom stereocenters. The summed E-state index contributed by atoms with van der Waals surface area (Å²) in [4.78, 5) is 29.1. The fourth-order valence-electron chi connectivity index (χ4n) is 6.19. The molecule has 1 heterocycles. The maximum atomic E-state index is 14.1. The van der Waals surface area contributed by atoms with Crippen molar-refractivity contribution in [1.82, 2.24) is 15.5 Å². The minimum Gasteiger partial charge on any atom is -0.351 e. The monoisotopic (exact) mass is 530 g/mol. The first kappa shape index (κ1) is 26.9. The van der Waals surface area contributed by atoms with Crippen LogP contribution in [0.15, 0.2) is 42.5 Å². The van der Waals surface area contributed by atoms with Crippen molar-refractivity contribution in [2.24, 2.45) is 0 Å². The summed E-state index contributed by atoms with van der Waals surface area (Å²) in [5.74, 6) is -0.127. The zero-order valence-corrected chi connectivity index (χ0v) is 22.8. The number of fused-ring (bicyclic) bond motifs is 1. The standard InChI is InChI=1S/C28H36Cl2N4O2/c1-19(18-34(2)3)32-25(35)17-31-27(12-5-4-6-13-27)28(16-20-8-7-9-21(29)14-20)23-11-10-22(30)15-24(23)33-26(28)36/h7-11,14-15,19,31H,4-6,12-13,16-18H2,1-3H3,(H,32,35)(H,33,36). The van der Waals surface area contributed by atoms with Crippen LogP contribution in [0.3, 0.4) is 0 Å². The third kappa shape index (κ3) is 5.42. The van der Waals surface area contributed by atoms with Gasteiger partial charge in [-0.15, -0.1) is 0 Å². The highest BCUT2D eigenvalue weighted by Gasteiger charge is 2.60. The van der Waals surface area contributed by atoms with Crippen molar-refractivity contribution in [3.05, 3.63) is 63.6 Å². The normalized spacial score (nSPS) is 21.7. The van der Waals surface area contributed by atoms with Crippen LogP contribution in [0.5, 0.6) is 0 Å². The summed E-state index contributed by atoms with van der Waals surface area (Å²) in [7, 11) is 3.97. The van der Waals surface area contributed by atoms with E-state index >= 15 is 0 Å². The highest BCUT2D eigenvalue weighted by atomic mass is 35.5. The van der Waals surface area contributed by atoms with Gasteiger partial charge in [0.1, 0.15) is 0 Å². The first-order chi connectivity index (χ1) is 17.1. The molecule has 2 unspecified atom stereocenters. The summed E-state index contributed by atoms with van der Waals surface area (Å²) < 4.78 is 0. The van der Waals surface area contributed by atoms with Crippen molar-refractivity contribution in [3.8, 4) is 0 Å². The lowest BCUT2D eigenvalue weighted by molar-refractivity contribution is -0.127. The molecule has 194 valence electrons. The molecule has 3 N–H and O–H groups in total. The fraction of sp³-hybridized carbons (Fsp3) is 0.500. The van der Waals surface area contributed by atoms with E-state index in [1.54, 1.807) is 0 Å². The van der Waals surface area contributed by atoms with E-state index in [1.807, 2.05) is 68.4 Å². The molecule has 1 aliphatic heterocycles. The number of rotatable bonds is 9. The maximum Gasteiger partial charge on any atom is 0.237 e. The van der Waals surface area contributed by atoms with E-state index in [9.17, 15) is 9.59 Å². The zero-order chi connectivity index (χ0) is 25.9. The summed E-state index contributed by atoms with van der Waals surface area (Å²) in [6.45, 7) is 2.90. The summed E-state index contributed by atoms with van der Waals surface area (Å²) in [5.41, 5.74) is 1.14. The predicted molar refractivity (Wildman–Crippen MR) is 147 cm³/mol. The topological polar surface area (TPSA) is 73.5 Å². The molecule has 36 heavy (non-hydrogen) atoms. The third-order valence-electron chi connectivity index (χ3n) is 7.59. The van der Waals surface area contributed by atoms with Gasteiger partial charge >= 0.3 is 0 Å². The number of halogens is 2. The Bertz CT molecular complexity index is 1120. The van der Waals surface area contributed by atoms with E-state index in [4.69, 9.17) is 23.2 Å². The van der Waals surface area contributed by atoms with Crippen LogP contribution in [-0.2, 0) is 21.4 Å². The molecule has 1 aliphatic carbocycles. The van der Waals surface area contributed by atoms with E-state index < -0.39 is 11.0 Å². The Balaban J connectivity index is 1.74. The molecular weight excluding hydrogens is 495 g/mol. The minimum absolute atomic E-state index is 0.0228. The maximum absolute atomic E-state index is 14.1. The van der Waals surface area contributed by atoms with Gasteiger partial charge in [-0.05, 0) is 75.7 Å². The second-order valence-corrected chi connectivity index (χ2v) is 11.5. The predicted octanol–water partition coefficient (Wildman–Crippen LogP) is 4.78. The first-order valence-corrected chi connectivity index (χ1v) is 13.5. The van der Waals surface area contributed by atoms with Crippen molar-refractivity contribution >= 4 is 40.7 Å². The first-order valence-electron chi connectivity index (χ1n) is 12.7. The number of benzene rings is 2. The number of nitrogens with one attached hydrogen (secondary N) is 3. The molecule has 0 radical (unpaired) electrons. The van der Waals surface area contributed by atoms with E-state index in [-0.39, 0.29) is 24.4 Å². The summed E-state index contributed by atoms with van der Waals surface area (Å²) in [5, 5.41) is 11.1. The smallest absolute Gasteiger partial charge is 0.237 e. The van der Waals surface area contributed by atoms with Gasteiger partial charge in [0.05, 0.1) is 12.0 Å². The minimum atomic E-state index is -0.909. The van der Waals surface area contributed by atoms with Crippen molar-refractivity contribution < 1.29 is 9.59 Å². The van der Waals surface area contributed by atoms with Crippen LogP contribution in [0, 0.1) is 0 Å². The Kier molecular flexibility index (Phi) is 8.30. The molecule has 8 heteroatoms. The van der Waals surface area contributed by atoms with E-state index in [2.05, 4.69) is 16.0 Å². The van der Waals surface area contributed by atoms with E-state index in [0.717, 1.165) is 55.5 Å². The Morgan fingerprint density at radius 3 is 2.50 bits per heavy atom. The number of nitrogens with zero attached hydrogens (tertiary/aromatic N) is 1. The van der Waals surface area contributed by atoms with Crippen LogP contribution in [0.2, 0.25) is 10.0 Å². The largest absolute Gasteiger partial charge is 0.351 e. The molecule has 2 aromatic rings. The molecule has 1 saturated carbocycles. The average Bonchev–Trinajstić information content (AvgIpc) is 3.09. The number of hydrogen-bond donors (Lipinski definition) is 3. The van der Waals surface area contributed by atoms with Crippen LogP contribution in [0.1, 0.15) is 50.2 Å². The van der Waals surface area contributed by atoms with Crippen LogP contribution >= 0.6 is 23.2 Å². The molecule has 0 bridgehead atoms. The Hall–Kier alpha value is -2.12. The SMILES string of the molecule is CC(CN(C)C)NC(=O)CNC1(C2(Cc3cccc(Cl)c3)C(=O)Nc3cc(Cl)ccc32)CCCCC1. The highest BCUT2D eigenvalue weighted by Crippen LogP contribution is 2.53. The van der Waals surface area contributed by atoms with Crippen molar-refractivity contribution in [2.75, 3.05) is 32.5 Å². The molecule has 6 nitrogen and oxygen atoms in total. The molecule has 1 fully saturated rings. The Morgan fingerprint density at radius 1 is 1.08 bits per heavy atom. The second-order valence-electron chi connectivity index (χ2n) is 10.6. The van der Waals surface area contributed by atoms with Gasteiger partial charge in [-0.1, -0.05) is 60.7 Å². The van der Waals surface area contributed by atoms with Gasteiger partial charge in [-0.2, -0.15) is 0 Å². The number of carbonyl (C=O) groups excluding carboxylic acids is 2. The van der Waals surface area contributed by atoms with Crippen LogP contribution in [0.25, 0.3) is 0 Å². The molecule has 4 rings (SSSR count). The highest BCUT2D eigenvalue weighted by molar-refractivity contribution is 6.31. The lowest BCUT2D eigenvalue weighted by Gasteiger charge is -2.50. The van der Waals surface area contributed by atoms with E-state index in [1.165, 1.54) is 0 Å². The van der Waals surface area contributed by atoms with Crippen molar-refractivity contribution in [2.45, 2.75) is 62.4 Å². The van der Waals surface area contributed by atoms with Gasteiger partial charge in [-0.25, -0.2) is 0 Å². The third-order valence-corrected chi connectivity index (χ3v) is 8.06. The molecule has 0 aromatic heterocycles. The molecule has 0 spiro atoms. The van der Waals surface area contributed by atoms with Gasteiger partial charge < -0.3 is 20.9 Å². The van der Waals surface area contributed by atoms with Gasteiger partial charge in [0.15, 0.2) is 0 Å². The summed E-state index contributed by atoms with van der Waals surface area (Å²) in [6.07, 6.45) is 5.14. The quantitative estimate of drug-likeness (QED) is 0.436.